The van der Waals surface area contributed by atoms with Crippen LogP contribution >= 0.6 is 23.4 Å². The number of nitrogens with two attached hydrogens (primary N) is 1. The maximum atomic E-state index is 6.04. The molecule has 1 aromatic carbocycles. The molecule has 0 saturated carbocycles. The van der Waals surface area contributed by atoms with Crippen molar-refractivity contribution >= 4 is 23.4 Å². The van der Waals surface area contributed by atoms with E-state index < -0.39 is 0 Å². The molecule has 0 saturated heterocycles. The van der Waals surface area contributed by atoms with E-state index in [1.807, 2.05) is 25.1 Å². The third-order valence-electron chi connectivity index (χ3n) is 2.79. The van der Waals surface area contributed by atoms with E-state index in [9.17, 15) is 0 Å². The predicted molar refractivity (Wildman–Crippen MR) is 81.4 cm³/mol. The van der Waals surface area contributed by atoms with E-state index in [2.05, 4.69) is 15.4 Å². The van der Waals surface area contributed by atoms with E-state index in [1.165, 1.54) is 16.4 Å². The third kappa shape index (κ3) is 3.03. The number of thioether (sulfide) groups is 1. The summed E-state index contributed by atoms with van der Waals surface area (Å²) in [5.41, 5.74) is 1.70. The lowest BCUT2D eigenvalue weighted by Crippen LogP contribution is -2.11. The highest BCUT2D eigenvalue weighted by molar-refractivity contribution is 7.98. The van der Waals surface area contributed by atoms with Crippen LogP contribution in [0.25, 0.3) is 11.4 Å². The Labute approximate surface area is 130 Å². The molecule has 6 nitrogen and oxygen atoms in total. The molecule has 0 atom stereocenters. The second-order valence-corrected chi connectivity index (χ2v) is 5.78. The van der Waals surface area contributed by atoms with Gasteiger partial charge in [-0.25, -0.2) is 4.68 Å². The molecule has 0 radical (unpaired) electrons. The number of rotatable bonds is 4. The molecule has 0 fully saturated rings. The number of nitrogens with zero attached hydrogens (tertiary/aromatic N) is 4. The van der Waals surface area contributed by atoms with Crippen LogP contribution in [0.3, 0.4) is 0 Å². The second-order valence-electron chi connectivity index (χ2n) is 4.40. The van der Waals surface area contributed by atoms with Crippen LogP contribution in [0, 0.1) is 6.92 Å². The standard InChI is InChI=1S/C13H12ClN5OS/c1-8-6-11(18-20-8)7-21-13-17-16-12(19(13)15)9-2-4-10(14)5-3-9/h2-6H,7,15H2,1H3. The van der Waals surface area contributed by atoms with Gasteiger partial charge in [-0.1, -0.05) is 28.5 Å². The smallest absolute Gasteiger partial charge is 0.210 e. The Morgan fingerprint density at radius 1 is 1.29 bits per heavy atom. The molecule has 3 aromatic rings. The van der Waals surface area contributed by atoms with Crippen molar-refractivity contribution < 1.29 is 4.52 Å². The summed E-state index contributed by atoms with van der Waals surface area (Å²) in [5, 5.41) is 13.4. The third-order valence-corrected chi connectivity index (χ3v) is 4.02. The van der Waals surface area contributed by atoms with Gasteiger partial charge in [-0.15, -0.1) is 10.2 Å². The van der Waals surface area contributed by atoms with Crippen LogP contribution in [0.5, 0.6) is 0 Å². The van der Waals surface area contributed by atoms with Gasteiger partial charge in [-0.3, -0.25) is 0 Å². The van der Waals surface area contributed by atoms with Crippen LogP contribution in [0.15, 0.2) is 40.0 Å². The Balaban J connectivity index is 1.77. The summed E-state index contributed by atoms with van der Waals surface area (Å²) in [5.74, 6) is 8.02. The second kappa shape index (κ2) is 5.79. The number of halogens is 1. The number of aromatic nitrogens is 4. The van der Waals surface area contributed by atoms with Crippen molar-refractivity contribution in [1.29, 1.82) is 0 Å². The van der Waals surface area contributed by atoms with Gasteiger partial charge in [0.15, 0.2) is 5.82 Å². The average molecular weight is 322 g/mol. The molecule has 0 bridgehead atoms. The maximum absolute atomic E-state index is 6.04. The first-order chi connectivity index (χ1) is 10.1. The van der Waals surface area contributed by atoms with Gasteiger partial charge in [0.05, 0.1) is 5.69 Å². The highest BCUT2D eigenvalue weighted by Crippen LogP contribution is 2.25. The van der Waals surface area contributed by atoms with Crippen molar-refractivity contribution in [3.05, 3.63) is 46.8 Å². The molecule has 3 rings (SSSR count). The summed E-state index contributed by atoms with van der Waals surface area (Å²) in [6.07, 6.45) is 0. The van der Waals surface area contributed by atoms with Gasteiger partial charge >= 0.3 is 0 Å². The molecule has 0 aliphatic heterocycles. The molecule has 0 amide bonds. The normalized spacial score (nSPS) is 11.0. The Hall–Kier alpha value is -1.99. The minimum Gasteiger partial charge on any atom is -0.361 e. The van der Waals surface area contributed by atoms with E-state index in [4.69, 9.17) is 22.0 Å². The van der Waals surface area contributed by atoms with Crippen LogP contribution in [0.4, 0.5) is 0 Å². The zero-order valence-corrected chi connectivity index (χ0v) is 12.7. The zero-order chi connectivity index (χ0) is 14.8. The molecule has 0 unspecified atom stereocenters. The fraction of sp³-hybridized carbons (Fsp3) is 0.154. The Bertz CT molecular complexity index is 752. The fourth-order valence-electron chi connectivity index (χ4n) is 1.80. The molecule has 0 aliphatic carbocycles. The number of hydrogen-bond donors (Lipinski definition) is 1. The summed E-state index contributed by atoms with van der Waals surface area (Å²) >= 11 is 7.32. The monoisotopic (exact) mass is 321 g/mol. The lowest BCUT2D eigenvalue weighted by atomic mass is 10.2. The largest absolute Gasteiger partial charge is 0.361 e. The van der Waals surface area contributed by atoms with Gasteiger partial charge < -0.3 is 10.4 Å². The minimum absolute atomic E-state index is 0.588. The number of nitrogen functional groups attached to an aromatic ring is 1. The molecular weight excluding hydrogens is 310 g/mol. The van der Waals surface area contributed by atoms with E-state index in [0.717, 1.165) is 17.0 Å². The molecule has 0 aliphatic rings. The Morgan fingerprint density at radius 2 is 2.05 bits per heavy atom. The SMILES string of the molecule is Cc1cc(CSc2nnc(-c3ccc(Cl)cc3)n2N)no1. The molecule has 2 N–H and O–H groups in total. The number of benzene rings is 1. The summed E-state index contributed by atoms with van der Waals surface area (Å²) in [7, 11) is 0. The topological polar surface area (TPSA) is 82.8 Å². The zero-order valence-electron chi connectivity index (χ0n) is 11.2. The van der Waals surface area contributed by atoms with E-state index >= 15 is 0 Å². The molecule has 8 heteroatoms. The van der Waals surface area contributed by atoms with Crippen LogP contribution in [-0.4, -0.2) is 20.0 Å². The first kappa shape index (κ1) is 14.0. The van der Waals surface area contributed by atoms with Crippen LogP contribution in [0.1, 0.15) is 11.5 Å². The summed E-state index contributed by atoms with van der Waals surface area (Å²) in [4.78, 5) is 0. The van der Waals surface area contributed by atoms with Crippen molar-refractivity contribution in [1.82, 2.24) is 20.0 Å². The van der Waals surface area contributed by atoms with Gasteiger partial charge in [0.1, 0.15) is 5.76 Å². The minimum atomic E-state index is 0.588. The van der Waals surface area contributed by atoms with Crippen molar-refractivity contribution in [2.45, 2.75) is 17.8 Å². The Kier molecular flexibility index (Phi) is 3.85. The summed E-state index contributed by atoms with van der Waals surface area (Å²) < 4.78 is 6.48. The van der Waals surface area contributed by atoms with Gasteiger partial charge in [0.2, 0.25) is 5.16 Å². The molecule has 21 heavy (non-hydrogen) atoms. The van der Waals surface area contributed by atoms with Crippen molar-refractivity contribution in [3.63, 3.8) is 0 Å². The number of aryl methyl sites for hydroxylation is 1. The highest BCUT2D eigenvalue weighted by atomic mass is 35.5. The Morgan fingerprint density at radius 3 is 2.71 bits per heavy atom. The van der Waals surface area contributed by atoms with Gasteiger partial charge in [-0.2, -0.15) is 0 Å². The first-order valence-electron chi connectivity index (χ1n) is 6.15. The van der Waals surface area contributed by atoms with Gasteiger partial charge in [0.25, 0.3) is 0 Å². The lowest BCUT2D eigenvalue weighted by Gasteiger charge is -2.03. The van der Waals surface area contributed by atoms with Crippen molar-refractivity contribution in [2.75, 3.05) is 5.84 Å². The molecule has 108 valence electrons. The average Bonchev–Trinajstić information content (AvgIpc) is 3.04. The highest BCUT2D eigenvalue weighted by Gasteiger charge is 2.13. The van der Waals surface area contributed by atoms with Crippen LogP contribution in [-0.2, 0) is 5.75 Å². The fourth-order valence-corrected chi connectivity index (χ4v) is 2.66. The molecule has 0 spiro atoms. The van der Waals surface area contributed by atoms with Gasteiger partial charge in [0, 0.05) is 22.4 Å². The van der Waals surface area contributed by atoms with Crippen molar-refractivity contribution in [3.8, 4) is 11.4 Å². The molecule has 2 heterocycles. The van der Waals surface area contributed by atoms with Crippen LogP contribution in [0.2, 0.25) is 5.02 Å². The van der Waals surface area contributed by atoms with Crippen LogP contribution < -0.4 is 5.84 Å². The molecule has 2 aromatic heterocycles. The quantitative estimate of drug-likeness (QED) is 0.587. The van der Waals surface area contributed by atoms with Crippen molar-refractivity contribution in [2.24, 2.45) is 0 Å². The van der Waals surface area contributed by atoms with E-state index in [-0.39, 0.29) is 0 Å². The van der Waals surface area contributed by atoms with Gasteiger partial charge in [-0.05, 0) is 31.2 Å². The predicted octanol–water partition coefficient (Wildman–Crippen LogP) is 2.90. The number of hydrogen-bond acceptors (Lipinski definition) is 6. The van der Waals surface area contributed by atoms with E-state index in [0.29, 0.717) is 21.8 Å². The maximum Gasteiger partial charge on any atom is 0.210 e. The molecular formula is C13H12ClN5OS. The lowest BCUT2D eigenvalue weighted by molar-refractivity contribution is 0.393. The first-order valence-corrected chi connectivity index (χ1v) is 7.51. The summed E-state index contributed by atoms with van der Waals surface area (Å²) in [6.45, 7) is 1.85. The summed E-state index contributed by atoms with van der Waals surface area (Å²) in [6, 6.07) is 9.16. The van der Waals surface area contributed by atoms with E-state index in [1.54, 1.807) is 12.1 Å².